The molecule has 7 nitrogen and oxygen atoms in total. The van der Waals surface area contributed by atoms with Crippen LogP contribution in [0.1, 0.15) is 37.7 Å². The molecule has 2 N–H and O–H groups in total. The third-order valence-corrected chi connectivity index (χ3v) is 8.03. The van der Waals surface area contributed by atoms with Crippen LogP contribution in [0.2, 0.25) is 0 Å². The van der Waals surface area contributed by atoms with Gasteiger partial charge in [0.15, 0.2) is 0 Å². The molecular weight excluding hydrogens is 440 g/mol. The summed E-state index contributed by atoms with van der Waals surface area (Å²) in [5.41, 5.74) is 0.963. The van der Waals surface area contributed by atoms with Crippen LogP contribution in [0.5, 0.6) is 0 Å². The molecule has 1 saturated carbocycles. The Hall–Kier alpha value is -2.42. The van der Waals surface area contributed by atoms with E-state index in [9.17, 15) is 18.3 Å². The smallest absolute Gasteiger partial charge is 0.276 e. The standard InChI is InChI=1S/C25H32N2O5S/c28-23(18-27(17-21-12-13-21)33(30,31)25-11-6-14-32-25)22(15-19-7-2-1-3-8-19)26-24(29)16-20-9-4-5-10-20/h1-4,6-9,11,14,20-23,28H,5,10,12-13,15-18H2,(H,26,29). The fraction of sp³-hybridized carbons (Fsp3) is 0.480. The van der Waals surface area contributed by atoms with E-state index >= 15 is 0 Å². The number of carbonyl (C=O) groups excluding carboxylic acids is 1. The van der Waals surface area contributed by atoms with Crippen molar-refractivity contribution in [2.75, 3.05) is 13.1 Å². The number of amides is 1. The Labute approximate surface area is 195 Å². The molecule has 0 saturated heterocycles. The minimum atomic E-state index is -3.88. The van der Waals surface area contributed by atoms with Crippen molar-refractivity contribution in [1.82, 2.24) is 9.62 Å². The third kappa shape index (κ3) is 6.56. The Balaban J connectivity index is 1.49. The van der Waals surface area contributed by atoms with E-state index in [0.29, 0.717) is 25.3 Å². The Morgan fingerprint density at radius 1 is 1.15 bits per heavy atom. The Bertz CT molecular complexity index is 1030. The summed E-state index contributed by atoms with van der Waals surface area (Å²) in [6.07, 6.45) is 9.06. The Morgan fingerprint density at radius 3 is 2.58 bits per heavy atom. The minimum absolute atomic E-state index is 0.110. The number of nitrogens with zero attached hydrogens (tertiary/aromatic N) is 1. The van der Waals surface area contributed by atoms with Crippen molar-refractivity contribution < 1.29 is 22.7 Å². The SMILES string of the molecule is O=C(CC1C=CCC1)NC(Cc1ccccc1)C(O)CN(CC1CC1)S(=O)(=O)c1ccco1. The monoisotopic (exact) mass is 472 g/mol. The molecule has 1 aromatic heterocycles. The molecule has 0 bridgehead atoms. The summed E-state index contributed by atoms with van der Waals surface area (Å²) in [5, 5.41) is 14.0. The van der Waals surface area contributed by atoms with Crippen LogP contribution in [-0.2, 0) is 21.2 Å². The van der Waals surface area contributed by atoms with Crippen LogP contribution in [0.15, 0.2) is 70.4 Å². The van der Waals surface area contributed by atoms with Gasteiger partial charge >= 0.3 is 0 Å². The summed E-state index contributed by atoms with van der Waals surface area (Å²) in [6, 6.07) is 11.9. The highest BCUT2D eigenvalue weighted by molar-refractivity contribution is 7.89. The fourth-order valence-electron chi connectivity index (χ4n) is 4.25. The van der Waals surface area contributed by atoms with Crippen LogP contribution in [-0.4, -0.2) is 49.0 Å². The summed E-state index contributed by atoms with van der Waals surface area (Å²) >= 11 is 0. The largest absolute Gasteiger partial charge is 0.452 e. The molecule has 178 valence electrons. The Kier molecular flexibility index (Phi) is 7.67. The van der Waals surface area contributed by atoms with Crippen molar-refractivity contribution in [3.8, 4) is 0 Å². The van der Waals surface area contributed by atoms with Gasteiger partial charge < -0.3 is 14.8 Å². The quantitative estimate of drug-likeness (QED) is 0.463. The second-order valence-electron chi connectivity index (χ2n) is 9.10. The average molecular weight is 473 g/mol. The van der Waals surface area contributed by atoms with Gasteiger partial charge in [-0.25, -0.2) is 8.42 Å². The molecule has 0 spiro atoms. The predicted octanol–water partition coefficient (Wildman–Crippen LogP) is 3.13. The van der Waals surface area contributed by atoms with Crippen molar-refractivity contribution in [2.45, 2.75) is 55.8 Å². The molecular formula is C25H32N2O5S. The van der Waals surface area contributed by atoms with Crippen molar-refractivity contribution >= 4 is 15.9 Å². The van der Waals surface area contributed by atoms with Crippen LogP contribution in [0.25, 0.3) is 0 Å². The van der Waals surface area contributed by atoms with E-state index in [1.165, 1.54) is 22.7 Å². The molecule has 0 radical (unpaired) electrons. The van der Waals surface area contributed by atoms with E-state index in [1.807, 2.05) is 30.3 Å². The maximum absolute atomic E-state index is 13.2. The molecule has 8 heteroatoms. The highest BCUT2D eigenvalue weighted by atomic mass is 32.2. The zero-order valence-corrected chi connectivity index (χ0v) is 19.5. The van der Waals surface area contributed by atoms with Crippen LogP contribution in [0.4, 0.5) is 0 Å². The van der Waals surface area contributed by atoms with Gasteiger partial charge in [-0.05, 0) is 61.6 Å². The molecule has 4 rings (SSSR count). The average Bonchev–Trinajstić information content (AvgIpc) is 3.22. The van der Waals surface area contributed by atoms with Gasteiger partial charge in [0.1, 0.15) is 0 Å². The molecule has 2 aliphatic rings. The van der Waals surface area contributed by atoms with Crippen LogP contribution in [0, 0.1) is 11.8 Å². The summed E-state index contributed by atoms with van der Waals surface area (Å²) in [7, 11) is -3.88. The first-order chi connectivity index (χ1) is 15.9. The highest BCUT2D eigenvalue weighted by Gasteiger charge is 2.36. The molecule has 33 heavy (non-hydrogen) atoms. The van der Waals surface area contributed by atoms with Crippen LogP contribution in [0.3, 0.4) is 0 Å². The van der Waals surface area contributed by atoms with Crippen molar-refractivity contribution in [1.29, 1.82) is 0 Å². The first-order valence-corrected chi connectivity index (χ1v) is 13.1. The molecule has 1 aromatic carbocycles. The number of hydrogen-bond acceptors (Lipinski definition) is 5. The lowest BCUT2D eigenvalue weighted by Crippen LogP contribution is -2.51. The van der Waals surface area contributed by atoms with Crippen LogP contribution < -0.4 is 5.32 Å². The summed E-state index contributed by atoms with van der Waals surface area (Å²) < 4.78 is 32.8. The maximum atomic E-state index is 13.2. The summed E-state index contributed by atoms with van der Waals surface area (Å²) in [6.45, 7) is 0.222. The minimum Gasteiger partial charge on any atom is -0.452 e. The molecule has 0 aliphatic heterocycles. The molecule has 3 unspecified atom stereocenters. The zero-order chi connectivity index (χ0) is 23.3. The second kappa shape index (κ2) is 10.7. The number of sulfonamides is 1. The van der Waals surface area contributed by atoms with Gasteiger partial charge in [0, 0.05) is 19.5 Å². The number of allylic oxidation sites excluding steroid dienone is 2. The van der Waals surface area contributed by atoms with Gasteiger partial charge in [0.2, 0.25) is 11.0 Å². The molecule has 2 aliphatic carbocycles. The fourth-order valence-corrected chi connectivity index (χ4v) is 5.69. The summed E-state index contributed by atoms with van der Waals surface area (Å²) in [5.74, 6) is 0.373. The number of furan rings is 1. The van der Waals surface area contributed by atoms with Crippen LogP contribution >= 0.6 is 0 Å². The van der Waals surface area contributed by atoms with Gasteiger partial charge in [-0.2, -0.15) is 4.31 Å². The number of carbonyl (C=O) groups is 1. The van der Waals surface area contributed by atoms with Gasteiger partial charge in [-0.15, -0.1) is 0 Å². The van der Waals surface area contributed by atoms with E-state index in [-0.39, 0.29) is 23.5 Å². The maximum Gasteiger partial charge on any atom is 0.276 e. The first-order valence-electron chi connectivity index (χ1n) is 11.6. The lowest BCUT2D eigenvalue weighted by Gasteiger charge is -2.29. The molecule has 3 atom stereocenters. The molecule has 2 aromatic rings. The number of nitrogens with one attached hydrogen (secondary N) is 1. The van der Waals surface area contributed by atoms with Gasteiger partial charge in [-0.3, -0.25) is 4.79 Å². The van der Waals surface area contributed by atoms with Crippen molar-refractivity contribution in [3.05, 3.63) is 66.4 Å². The Morgan fingerprint density at radius 2 is 1.94 bits per heavy atom. The predicted molar refractivity (Wildman–Crippen MR) is 125 cm³/mol. The first kappa shape index (κ1) is 23.7. The third-order valence-electron chi connectivity index (χ3n) is 6.31. The lowest BCUT2D eigenvalue weighted by atomic mass is 9.99. The summed E-state index contributed by atoms with van der Waals surface area (Å²) in [4.78, 5) is 12.8. The number of aliphatic hydroxyl groups excluding tert-OH is 1. The van der Waals surface area contributed by atoms with Gasteiger partial charge in [0.05, 0.1) is 18.4 Å². The number of aliphatic hydroxyl groups is 1. The van der Waals surface area contributed by atoms with E-state index < -0.39 is 22.2 Å². The number of benzene rings is 1. The van der Waals surface area contributed by atoms with E-state index in [1.54, 1.807) is 0 Å². The van der Waals surface area contributed by atoms with Gasteiger partial charge in [-0.1, -0.05) is 42.5 Å². The zero-order valence-electron chi connectivity index (χ0n) is 18.7. The lowest BCUT2D eigenvalue weighted by molar-refractivity contribution is -0.123. The molecule has 1 heterocycles. The van der Waals surface area contributed by atoms with Gasteiger partial charge in [0.25, 0.3) is 10.0 Å². The van der Waals surface area contributed by atoms with E-state index in [0.717, 1.165) is 31.2 Å². The van der Waals surface area contributed by atoms with E-state index in [4.69, 9.17) is 4.42 Å². The van der Waals surface area contributed by atoms with Crippen molar-refractivity contribution in [3.63, 3.8) is 0 Å². The van der Waals surface area contributed by atoms with Crippen molar-refractivity contribution in [2.24, 2.45) is 11.8 Å². The topological polar surface area (TPSA) is 99.9 Å². The second-order valence-corrected chi connectivity index (χ2v) is 11.0. The number of hydrogen-bond donors (Lipinski definition) is 2. The normalized spacial score (nSPS) is 20.1. The molecule has 1 amide bonds. The number of rotatable bonds is 12. The molecule has 1 fully saturated rings. The highest BCUT2D eigenvalue weighted by Crippen LogP contribution is 2.32. The van der Waals surface area contributed by atoms with E-state index in [2.05, 4.69) is 17.5 Å².